The predicted molar refractivity (Wildman–Crippen MR) is 120 cm³/mol. The smallest absolute Gasteiger partial charge is 0.305 e. The van der Waals surface area contributed by atoms with Gasteiger partial charge in [-0.05, 0) is 63.3 Å². The summed E-state index contributed by atoms with van der Waals surface area (Å²) < 4.78 is 42.1. The van der Waals surface area contributed by atoms with E-state index in [1.807, 2.05) is 0 Å². The van der Waals surface area contributed by atoms with Crippen LogP contribution in [0.25, 0.3) is 0 Å². The summed E-state index contributed by atoms with van der Waals surface area (Å²) in [5.41, 5.74) is 0. The quantitative estimate of drug-likeness (QED) is 0.256. The molecule has 1 aromatic rings. The van der Waals surface area contributed by atoms with Crippen LogP contribution in [0.5, 0.6) is 11.5 Å². The van der Waals surface area contributed by atoms with Gasteiger partial charge in [-0.3, -0.25) is 4.79 Å². The van der Waals surface area contributed by atoms with Crippen molar-refractivity contribution in [3.8, 4) is 11.5 Å². The highest BCUT2D eigenvalue weighted by Crippen LogP contribution is 2.17. The van der Waals surface area contributed by atoms with Gasteiger partial charge in [0.1, 0.15) is 18.1 Å². The summed E-state index contributed by atoms with van der Waals surface area (Å²) >= 11 is 0. The standard InChI is InChI=1S/C22H37NO7S/c1-3-29-22(25)11-6-4-5-8-16-23-31(26,27)17-9-7-10-19(24)18-30-21-14-12-20(28-2)13-15-21/h12-15,19,23-24H,3-11,16-18H2,1-2H3. The number of benzene rings is 1. The summed E-state index contributed by atoms with van der Waals surface area (Å²) in [7, 11) is -1.71. The predicted octanol–water partition coefficient (Wildman–Crippen LogP) is 3.04. The number of sulfonamides is 1. The van der Waals surface area contributed by atoms with Crippen LogP contribution >= 0.6 is 0 Å². The molecule has 0 amide bonds. The van der Waals surface area contributed by atoms with E-state index in [9.17, 15) is 18.3 Å². The highest BCUT2D eigenvalue weighted by Gasteiger charge is 2.11. The first-order valence-corrected chi connectivity index (χ1v) is 12.6. The molecule has 0 saturated carbocycles. The lowest BCUT2D eigenvalue weighted by molar-refractivity contribution is -0.143. The number of esters is 1. The van der Waals surface area contributed by atoms with E-state index in [1.54, 1.807) is 38.3 Å². The van der Waals surface area contributed by atoms with Gasteiger partial charge in [0, 0.05) is 13.0 Å². The Kier molecular flexibility index (Phi) is 13.9. The molecule has 9 heteroatoms. The maximum Gasteiger partial charge on any atom is 0.305 e. The minimum atomic E-state index is -3.30. The van der Waals surface area contributed by atoms with Crippen molar-refractivity contribution in [2.75, 3.05) is 32.6 Å². The summed E-state index contributed by atoms with van der Waals surface area (Å²) in [5, 5.41) is 10.0. The molecule has 1 unspecified atom stereocenters. The van der Waals surface area contributed by atoms with Crippen LogP contribution in [-0.2, 0) is 19.6 Å². The number of ether oxygens (including phenoxy) is 3. The lowest BCUT2D eigenvalue weighted by Crippen LogP contribution is -2.27. The Balaban J connectivity index is 2.04. The molecule has 31 heavy (non-hydrogen) atoms. The third kappa shape index (κ3) is 14.0. The molecular formula is C22H37NO7S. The number of methoxy groups -OCH3 is 1. The first-order chi connectivity index (χ1) is 14.9. The van der Waals surface area contributed by atoms with Crippen molar-refractivity contribution >= 4 is 16.0 Å². The highest BCUT2D eigenvalue weighted by molar-refractivity contribution is 7.89. The molecule has 8 nitrogen and oxygen atoms in total. The maximum atomic E-state index is 12.0. The monoisotopic (exact) mass is 459 g/mol. The van der Waals surface area contributed by atoms with E-state index >= 15 is 0 Å². The van der Waals surface area contributed by atoms with Crippen molar-refractivity contribution in [2.24, 2.45) is 0 Å². The zero-order chi connectivity index (χ0) is 23.0. The van der Waals surface area contributed by atoms with E-state index in [4.69, 9.17) is 14.2 Å². The first kappa shape index (κ1) is 27.2. The Bertz CT molecular complexity index is 707. The van der Waals surface area contributed by atoms with Gasteiger partial charge in [-0.15, -0.1) is 0 Å². The van der Waals surface area contributed by atoms with Crippen molar-refractivity contribution in [3.63, 3.8) is 0 Å². The average molecular weight is 460 g/mol. The number of unbranched alkanes of at least 4 members (excludes halogenated alkanes) is 4. The van der Waals surface area contributed by atoms with E-state index in [0.717, 1.165) is 31.4 Å². The molecule has 2 N–H and O–H groups in total. The van der Waals surface area contributed by atoms with Crippen molar-refractivity contribution in [3.05, 3.63) is 24.3 Å². The van der Waals surface area contributed by atoms with Crippen molar-refractivity contribution in [1.82, 2.24) is 4.72 Å². The molecule has 0 spiro atoms. The second kappa shape index (κ2) is 15.9. The fourth-order valence-corrected chi connectivity index (χ4v) is 4.08. The molecule has 178 valence electrons. The number of rotatable bonds is 18. The van der Waals surface area contributed by atoms with Crippen LogP contribution in [0.4, 0.5) is 0 Å². The summed E-state index contributed by atoms with van der Waals surface area (Å²) in [6.45, 7) is 2.75. The molecule has 0 aromatic heterocycles. The number of hydrogen-bond donors (Lipinski definition) is 2. The third-order valence-electron chi connectivity index (χ3n) is 4.64. The van der Waals surface area contributed by atoms with Gasteiger partial charge in [0.25, 0.3) is 0 Å². The summed E-state index contributed by atoms with van der Waals surface area (Å²) in [6.07, 6.45) is 4.56. The second-order valence-corrected chi connectivity index (χ2v) is 9.25. The normalized spacial score (nSPS) is 12.4. The number of nitrogens with one attached hydrogen (secondary N) is 1. The molecule has 0 bridgehead atoms. The SMILES string of the molecule is CCOC(=O)CCCCCCNS(=O)(=O)CCCCC(O)COc1ccc(OC)cc1. The Labute approximate surface area is 186 Å². The third-order valence-corrected chi connectivity index (χ3v) is 6.11. The van der Waals surface area contributed by atoms with E-state index < -0.39 is 16.1 Å². The minimum absolute atomic E-state index is 0.0436. The van der Waals surface area contributed by atoms with Crippen LogP contribution < -0.4 is 14.2 Å². The second-order valence-electron chi connectivity index (χ2n) is 7.32. The Morgan fingerprint density at radius 3 is 2.39 bits per heavy atom. The Morgan fingerprint density at radius 1 is 1.03 bits per heavy atom. The van der Waals surface area contributed by atoms with Crippen LogP contribution in [-0.4, -0.2) is 58.2 Å². The van der Waals surface area contributed by atoms with E-state index in [0.29, 0.717) is 44.6 Å². The summed E-state index contributed by atoms with van der Waals surface area (Å²) in [5.74, 6) is 1.24. The van der Waals surface area contributed by atoms with Crippen molar-refractivity contribution in [1.29, 1.82) is 0 Å². The molecular weight excluding hydrogens is 422 g/mol. The zero-order valence-electron chi connectivity index (χ0n) is 18.7. The van der Waals surface area contributed by atoms with Gasteiger partial charge in [-0.1, -0.05) is 12.8 Å². The average Bonchev–Trinajstić information content (AvgIpc) is 2.75. The lowest BCUT2D eigenvalue weighted by Gasteiger charge is -2.13. The molecule has 0 aliphatic heterocycles. The van der Waals surface area contributed by atoms with Gasteiger partial charge >= 0.3 is 5.97 Å². The molecule has 0 radical (unpaired) electrons. The van der Waals surface area contributed by atoms with Crippen LogP contribution in [0.2, 0.25) is 0 Å². The molecule has 1 rings (SSSR count). The van der Waals surface area contributed by atoms with Crippen LogP contribution in [0, 0.1) is 0 Å². The molecule has 0 fully saturated rings. The lowest BCUT2D eigenvalue weighted by atomic mass is 10.1. The van der Waals surface area contributed by atoms with E-state index in [-0.39, 0.29) is 18.3 Å². The number of carbonyl (C=O) groups excluding carboxylic acids is 1. The number of aliphatic hydroxyl groups is 1. The molecule has 0 heterocycles. The zero-order valence-corrected chi connectivity index (χ0v) is 19.5. The van der Waals surface area contributed by atoms with Crippen LogP contribution in [0.15, 0.2) is 24.3 Å². The van der Waals surface area contributed by atoms with E-state index in [2.05, 4.69) is 4.72 Å². The highest BCUT2D eigenvalue weighted by atomic mass is 32.2. The summed E-state index contributed by atoms with van der Waals surface area (Å²) in [6, 6.07) is 7.10. The van der Waals surface area contributed by atoms with Gasteiger partial charge in [-0.2, -0.15) is 0 Å². The van der Waals surface area contributed by atoms with Gasteiger partial charge in [0.2, 0.25) is 10.0 Å². The molecule has 1 atom stereocenters. The van der Waals surface area contributed by atoms with Gasteiger partial charge < -0.3 is 19.3 Å². The van der Waals surface area contributed by atoms with E-state index in [1.165, 1.54) is 0 Å². The Morgan fingerprint density at radius 2 is 1.71 bits per heavy atom. The first-order valence-electron chi connectivity index (χ1n) is 10.9. The Hall–Kier alpha value is -1.84. The van der Waals surface area contributed by atoms with Crippen molar-refractivity contribution < 1.29 is 32.5 Å². The number of carbonyl (C=O) groups is 1. The van der Waals surface area contributed by atoms with Gasteiger partial charge in [0.15, 0.2) is 0 Å². The summed E-state index contributed by atoms with van der Waals surface area (Å²) in [4.78, 5) is 11.2. The largest absolute Gasteiger partial charge is 0.497 e. The van der Waals surface area contributed by atoms with Gasteiger partial charge in [-0.25, -0.2) is 13.1 Å². The fraction of sp³-hybridized carbons (Fsp3) is 0.682. The molecule has 0 saturated heterocycles. The fourth-order valence-electron chi connectivity index (χ4n) is 2.90. The molecule has 0 aliphatic carbocycles. The minimum Gasteiger partial charge on any atom is -0.497 e. The van der Waals surface area contributed by atoms with Gasteiger partial charge in [0.05, 0.1) is 25.6 Å². The maximum absolute atomic E-state index is 12.0. The van der Waals surface area contributed by atoms with Crippen LogP contribution in [0.1, 0.15) is 58.3 Å². The topological polar surface area (TPSA) is 111 Å². The number of hydrogen-bond acceptors (Lipinski definition) is 7. The van der Waals surface area contributed by atoms with Crippen LogP contribution in [0.3, 0.4) is 0 Å². The molecule has 1 aromatic carbocycles. The number of aliphatic hydroxyl groups excluding tert-OH is 1. The van der Waals surface area contributed by atoms with Crippen molar-refractivity contribution in [2.45, 2.75) is 64.4 Å². The molecule has 0 aliphatic rings.